The number of aliphatic hydroxyl groups is 1. The number of aliphatic hydroxyl groups excluding tert-OH is 1. The molecule has 0 aliphatic rings. The molecule has 3 heteroatoms. The Labute approximate surface area is 90.2 Å². The molecule has 10 heavy (non-hydrogen) atoms. The molecule has 0 aromatic heterocycles. The van der Waals surface area contributed by atoms with E-state index in [1.54, 1.807) is 7.11 Å². The van der Waals surface area contributed by atoms with Crippen LogP contribution in [0.4, 0.5) is 0 Å². The van der Waals surface area contributed by atoms with Gasteiger partial charge in [-0.15, -0.1) is 5.92 Å². The van der Waals surface area contributed by atoms with Gasteiger partial charge in [-0.25, -0.2) is 0 Å². The Morgan fingerprint density at radius 1 is 1.50 bits per heavy atom. The molecule has 0 rings (SSSR count). The van der Waals surface area contributed by atoms with Crippen molar-refractivity contribution in [1.29, 1.82) is 0 Å². The van der Waals surface area contributed by atoms with Crippen molar-refractivity contribution in [3.63, 3.8) is 0 Å². The largest absolute Gasteiger partial charge is 0.399 e. The van der Waals surface area contributed by atoms with Crippen molar-refractivity contribution in [1.82, 2.24) is 0 Å². The van der Waals surface area contributed by atoms with Crippen LogP contribution < -0.4 is 0 Å². The maximum atomic E-state index is 8.32. The van der Waals surface area contributed by atoms with Crippen molar-refractivity contribution in [2.45, 2.75) is 14.9 Å². The second-order valence-corrected chi connectivity index (χ2v) is 1.50. The molecular weight excluding hydrogens is 205 g/mol. The fourth-order valence-corrected chi connectivity index (χ4v) is 0.288. The number of methoxy groups -OCH3 is 1. The van der Waals surface area contributed by atoms with Crippen molar-refractivity contribution in [2.24, 2.45) is 5.92 Å². The summed E-state index contributed by atoms with van der Waals surface area (Å²) in [5.74, 6) is 0.0324. The van der Waals surface area contributed by atoms with Crippen LogP contribution in [-0.4, -0.2) is 25.4 Å². The van der Waals surface area contributed by atoms with Gasteiger partial charge in [0, 0.05) is 53.0 Å². The maximum Gasteiger partial charge on any atom is 0.0353 e. The maximum absolute atomic E-state index is 8.32. The molecule has 0 amide bonds. The molecule has 63 valence electrons. The van der Waals surface area contributed by atoms with Gasteiger partial charge in [0.05, 0.1) is 0 Å². The molecule has 0 saturated heterocycles. The molecular formula is C7H19O2Y-. The van der Waals surface area contributed by atoms with E-state index in [1.807, 2.05) is 0 Å². The van der Waals surface area contributed by atoms with Gasteiger partial charge in [0.15, 0.2) is 0 Å². The van der Waals surface area contributed by atoms with Crippen molar-refractivity contribution >= 4 is 0 Å². The zero-order valence-corrected chi connectivity index (χ0v) is 7.97. The Bertz CT molecular complexity index is 42.6. The summed E-state index contributed by atoms with van der Waals surface area (Å²) in [5, 5.41) is 8.32. The van der Waals surface area contributed by atoms with E-state index in [4.69, 9.17) is 5.11 Å². The summed E-state index contributed by atoms with van der Waals surface area (Å²) in [7, 11) is 1.59. The number of hydrogen-bond acceptors (Lipinski definition) is 2. The van der Waals surface area contributed by atoms with Crippen molar-refractivity contribution in [2.75, 3.05) is 20.3 Å². The fraction of sp³-hybridized carbons (Fsp3) is 0.857. The summed E-state index contributed by atoms with van der Waals surface area (Å²) in [6, 6.07) is 0. The van der Waals surface area contributed by atoms with E-state index < -0.39 is 0 Å². The normalized spacial score (nSPS) is 9.90. The van der Waals surface area contributed by atoms with Gasteiger partial charge in [0.2, 0.25) is 0 Å². The number of ether oxygens (including phenoxy) is 1. The van der Waals surface area contributed by atoms with Gasteiger partial charge in [-0.1, -0.05) is 14.9 Å². The Morgan fingerprint density at radius 3 is 2.00 bits per heavy atom. The van der Waals surface area contributed by atoms with Gasteiger partial charge in [-0.2, -0.15) is 0 Å². The van der Waals surface area contributed by atoms with E-state index in [-0.39, 0.29) is 60.1 Å². The molecule has 0 aliphatic heterocycles. The topological polar surface area (TPSA) is 29.5 Å². The number of rotatable bonds is 3. The minimum absolute atomic E-state index is 0. The molecule has 1 radical (unpaired) electrons. The summed E-state index contributed by atoms with van der Waals surface area (Å²) < 4.78 is 4.67. The minimum Gasteiger partial charge on any atom is -0.399 e. The van der Waals surface area contributed by atoms with Gasteiger partial charge < -0.3 is 16.8 Å². The van der Waals surface area contributed by atoms with Gasteiger partial charge in [-0.05, 0) is 0 Å². The first-order valence-electron chi connectivity index (χ1n) is 2.24. The molecule has 2 nitrogen and oxygen atoms in total. The predicted octanol–water partition coefficient (Wildman–Crippen LogP) is 1.35. The van der Waals surface area contributed by atoms with Gasteiger partial charge in [0.25, 0.3) is 0 Å². The van der Waals surface area contributed by atoms with Crippen molar-refractivity contribution in [3.8, 4) is 0 Å². The predicted molar refractivity (Wildman–Crippen MR) is 41.3 cm³/mol. The summed E-state index contributed by atoms with van der Waals surface area (Å²) in [5.41, 5.74) is 0. The molecule has 0 spiro atoms. The molecule has 0 bridgehead atoms. The molecule has 1 N–H and O–H groups in total. The zero-order valence-electron chi connectivity index (χ0n) is 5.13. The quantitative estimate of drug-likeness (QED) is 0.733. The number of hydrogen-bond donors (Lipinski definition) is 1. The second kappa shape index (κ2) is 16.5. The second-order valence-electron chi connectivity index (χ2n) is 1.50. The average Bonchev–Trinajstić information content (AvgIpc) is 1.68. The van der Waals surface area contributed by atoms with Crippen molar-refractivity contribution < 1.29 is 42.6 Å². The first-order valence-corrected chi connectivity index (χ1v) is 2.24. The van der Waals surface area contributed by atoms with E-state index in [2.05, 4.69) is 11.7 Å². The molecule has 0 aromatic carbocycles. The summed E-state index contributed by atoms with van der Waals surface area (Å²) in [6.07, 6.45) is 0. The molecule has 0 aliphatic carbocycles. The molecule has 0 heterocycles. The third kappa shape index (κ3) is 16.0. The van der Waals surface area contributed by atoms with Crippen LogP contribution in [-0.2, 0) is 37.4 Å². The van der Waals surface area contributed by atoms with E-state index in [0.717, 1.165) is 0 Å². The van der Waals surface area contributed by atoms with E-state index in [9.17, 15) is 0 Å². The Kier molecular flexibility index (Phi) is 37.1. The van der Waals surface area contributed by atoms with Gasteiger partial charge in [-0.3, -0.25) is 0 Å². The fourth-order valence-electron chi connectivity index (χ4n) is 0.288. The smallest absolute Gasteiger partial charge is 0.0353 e. The summed E-state index contributed by atoms with van der Waals surface area (Å²) in [6.45, 7) is 4.21. The van der Waals surface area contributed by atoms with E-state index in [0.29, 0.717) is 6.61 Å². The Morgan fingerprint density at radius 2 is 1.90 bits per heavy atom. The zero-order chi connectivity index (χ0) is 5.70. The molecule has 1 atom stereocenters. The van der Waals surface area contributed by atoms with Crippen LogP contribution in [0.5, 0.6) is 0 Å². The minimum atomic E-state index is 0. The average molecular weight is 224 g/mol. The van der Waals surface area contributed by atoms with Gasteiger partial charge >= 0.3 is 0 Å². The standard InChI is InChI=1S/C5H11O2.2CH4.Y/c1-5(3-6)4-7-2;;;/h5-6H,1,3-4H2,2H3;2*1H4;/q-1;;;. The SMILES string of the molecule is C.C.[CH2-]C(CO)COC.[Y]. The van der Waals surface area contributed by atoms with E-state index in [1.165, 1.54) is 0 Å². The molecule has 0 saturated carbocycles. The van der Waals surface area contributed by atoms with Crippen LogP contribution in [0, 0.1) is 12.8 Å². The monoisotopic (exact) mass is 224 g/mol. The van der Waals surface area contributed by atoms with E-state index >= 15 is 0 Å². The van der Waals surface area contributed by atoms with Crippen LogP contribution in [0.3, 0.4) is 0 Å². The molecule has 0 fully saturated rings. The van der Waals surface area contributed by atoms with Gasteiger partial charge in [0.1, 0.15) is 0 Å². The molecule has 0 aromatic rings. The van der Waals surface area contributed by atoms with Crippen LogP contribution >= 0.6 is 0 Å². The van der Waals surface area contributed by atoms with Crippen LogP contribution in [0.25, 0.3) is 0 Å². The molecule has 1 unspecified atom stereocenters. The third-order valence-corrected chi connectivity index (χ3v) is 0.661. The van der Waals surface area contributed by atoms with Crippen molar-refractivity contribution in [3.05, 3.63) is 6.92 Å². The first-order chi connectivity index (χ1) is 3.31. The summed E-state index contributed by atoms with van der Waals surface area (Å²) in [4.78, 5) is 0. The van der Waals surface area contributed by atoms with Crippen LogP contribution in [0.15, 0.2) is 0 Å². The first kappa shape index (κ1) is 22.5. The Hall–Kier alpha value is 1.02. The summed E-state index contributed by atoms with van der Waals surface area (Å²) >= 11 is 0. The van der Waals surface area contributed by atoms with Crippen LogP contribution in [0.1, 0.15) is 14.9 Å². The van der Waals surface area contributed by atoms with Crippen LogP contribution in [0.2, 0.25) is 0 Å². The Balaban J connectivity index is -0.0000000600. The third-order valence-electron chi connectivity index (χ3n) is 0.661.